The number of carbonyl (C=O) groups excluding carboxylic acids is 1. The number of rotatable bonds is 5. The minimum atomic E-state index is -3.75. The van der Waals surface area contributed by atoms with Crippen LogP contribution in [0.4, 0.5) is 5.69 Å². The normalized spacial score (nSPS) is 12.7. The average molecular weight is 353 g/mol. The molecular formula is C16H17ClN2O3S. The molecule has 0 bridgehead atoms. The number of sulfonamides is 1. The van der Waals surface area contributed by atoms with E-state index in [9.17, 15) is 13.2 Å². The highest BCUT2D eigenvalue weighted by atomic mass is 35.5. The van der Waals surface area contributed by atoms with Crippen molar-refractivity contribution in [3.63, 3.8) is 0 Å². The minimum absolute atomic E-state index is 0.110. The maximum absolute atomic E-state index is 12.2. The molecule has 122 valence electrons. The molecule has 5 nitrogen and oxygen atoms in total. The zero-order valence-electron chi connectivity index (χ0n) is 12.7. The maximum Gasteiger partial charge on any atom is 0.242 e. The summed E-state index contributed by atoms with van der Waals surface area (Å²) in [4.78, 5) is 12.3. The first kappa shape index (κ1) is 17.5. The molecule has 7 heteroatoms. The first-order valence-corrected chi connectivity index (χ1v) is 8.81. The molecule has 0 radical (unpaired) electrons. The van der Waals surface area contributed by atoms with Gasteiger partial charge in [0.05, 0.1) is 10.9 Å². The highest BCUT2D eigenvalue weighted by Crippen LogP contribution is 2.23. The van der Waals surface area contributed by atoms with Gasteiger partial charge in [-0.15, -0.1) is 0 Å². The van der Waals surface area contributed by atoms with Gasteiger partial charge >= 0.3 is 0 Å². The van der Waals surface area contributed by atoms with E-state index in [1.165, 1.54) is 19.1 Å². The van der Waals surface area contributed by atoms with Crippen LogP contribution in [0.5, 0.6) is 0 Å². The van der Waals surface area contributed by atoms with Gasteiger partial charge in [-0.3, -0.25) is 4.79 Å². The molecule has 23 heavy (non-hydrogen) atoms. The number of benzene rings is 2. The minimum Gasteiger partial charge on any atom is -0.324 e. The van der Waals surface area contributed by atoms with Crippen LogP contribution >= 0.6 is 11.6 Å². The topological polar surface area (TPSA) is 75.3 Å². The van der Waals surface area contributed by atoms with Crippen LogP contribution in [0.3, 0.4) is 0 Å². The average Bonchev–Trinajstić information content (AvgIpc) is 2.52. The Bertz CT molecular complexity index is 807. The molecule has 0 aromatic heterocycles. The Morgan fingerprint density at radius 2 is 1.74 bits per heavy atom. The second-order valence-corrected chi connectivity index (χ2v) is 7.18. The van der Waals surface area contributed by atoms with Gasteiger partial charge in [0, 0.05) is 10.7 Å². The Kier molecular flexibility index (Phi) is 5.41. The fourth-order valence-corrected chi connectivity index (χ4v) is 3.34. The number of halogens is 1. The highest BCUT2D eigenvalue weighted by Gasteiger charge is 2.22. The van der Waals surface area contributed by atoms with Gasteiger partial charge in [0.15, 0.2) is 0 Å². The first-order valence-electron chi connectivity index (χ1n) is 6.94. The van der Waals surface area contributed by atoms with Crippen molar-refractivity contribution in [1.29, 1.82) is 0 Å². The Morgan fingerprint density at radius 3 is 2.39 bits per heavy atom. The number of amides is 1. The van der Waals surface area contributed by atoms with E-state index in [2.05, 4.69) is 10.0 Å². The van der Waals surface area contributed by atoms with E-state index in [0.29, 0.717) is 10.7 Å². The van der Waals surface area contributed by atoms with E-state index in [1.54, 1.807) is 43.3 Å². The molecule has 0 saturated carbocycles. The summed E-state index contributed by atoms with van der Waals surface area (Å²) in [7, 11) is -3.75. The lowest BCUT2D eigenvalue weighted by atomic mass is 10.2. The van der Waals surface area contributed by atoms with Crippen molar-refractivity contribution < 1.29 is 13.2 Å². The fraction of sp³-hybridized carbons (Fsp3) is 0.188. The summed E-state index contributed by atoms with van der Waals surface area (Å²) >= 11 is 6.00. The third kappa shape index (κ3) is 4.31. The predicted octanol–water partition coefficient (Wildman–Crippen LogP) is 2.95. The van der Waals surface area contributed by atoms with Crippen molar-refractivity contribution in [2.45, 2.75) is 24.8 Å². The number of hydrogen-bond donors (Lipinski definition) is 2. The molecular weight excluding hydrogens is 336 g/mol. The van der Waals surface area contributed by atoms with Crippen molar-refractivity contribution in [2.24, 2.45) is 0 Å². The van der Waals surface area contributed by atoms with E-state index >= 15 is 0 Å². The molecule has 0 unspecified atom stereocenters. The van der Waals surface area contributed by atoms with E-state index in [-0.39, 0.29) is 4.90 Å². The summed E-state index contributed by atoms with van der Waals surface area (Å²) in [5.74, 6) is -0.463. The lowest BCUT2D eigenvalue weighted by Gasteiger charge is -2.16. The number of nitrogens with one attached hydrogen (secondary N) is 2. The Balaban J connectivity index is 2.10. The van der Waals surface area contributed by atoms with Gasteiger partial charge < -0.3 is 5.32 Å². The van der Waals surface area contributed by atoms with Crippen LogP contribution in [0.2, 0.25) is 5.02 Å². The Labute approximate surface area is 140 Å². The van der Waals surface area contributed by atoms with Crippen LogP contribution in [-0.4, -0.2) is 20.4 Å². The van der Waals surface area contributed by atoms with Gasteiger partial charge in [-0.25, -0.2) is 8.42 Å². The zero-order valence-corrected chi connectivity index (χ0v) is 14.3. The molecule has 0 heterocycles. The summed E-state index contributed by atoms with van der Waals surface area (Å²) in [5.41, 5.74) is 1.27. The Hall–Kier alpha value is -1.89. The molecule has 0 aliphatic heterocycles. The zero-order chi connectivity index (χ0) is 17.0. The van der Waals surface area contributed by atoms with Crippen LogP contribution in [0.25, 0.3) is 0 Å². The third-order valence-electron chi connectivity index (χ3n) is 3.30. The van der Waals surface area contributed by atoms with E-state index in [4.69, 9.17) is 11.6 Å². The van der Waals surface area contributed by atoms with E-state index in [0.717, 1.165) is 5.56 Å². The summed E-state index contributed by atoms with van der Waals surface area (Å²) < 4.78 is 26.8. The van der Waals surface area contributed by atoms with Crippen LogP contribution in [0.15, 0.2) is 53.4 Å². The van der Waals surface area contributed by atoms with Crippen molar-refractivity contribution in [1.82, 2.24) is 4.72 Å². The van der Waals surface area contributed by atoms with Gasteiger partial charge in [0.25, 0.3) is 0 Å². The summed E-state index contributed by atoms with van der Waals surface area (Å²) in [6, 6.07) is 12.1. The molecule has 2 aromatic rings. The van der Waals surface area contributed by atoms with Gasteiger partial charge in [-0.05, 0) is 43.7 Å². The molecule has 0 spiro atoms. The fourth-order valence-electron chi connectivity index (χ4n) is 1.94. The van der Waals surface area contributed by atoms with Gasteiger partial charge in [0.1, 0.15) is 0 Å². The number of hydrogen-bond acceptors (Lipinski definition) is 3. The molecule has 1 atom stereocenters. The van der Waals surface area contributed by atoms with Gasteiger partial charge in [0.2, 0.25) is 15.9 Å². The molecule has 0 aliphatic rings. The van der Waals surface area contributed by atoms with Crippen molar-refractivity contribution in [3.05, 3.63) is 59.1 Å². The van der Waals surface area contributed by atoms with Crippen molar-refractivity contribution in [3.8, 4) is 0 Å². The largest absolute Gasteiger partial charge is 0.324 e. The van der Waals surface area contributed by atoms with E-state index < -0.39 is 22.0 Å². The van der Waals surface area contributed by atoms with Crippen molar-refractivity contribution in [2.75, 3.05) is 5.32 Å². The molecule has 0 saturated heterocycles. The molecule has 0 aliphatic carbocycles. The summed E-state index contributed by atoms with van der Waals surface area (Å²) in [6.07, 6.45) is 0. The molecule has 2 aromatic carbocycles. The first-order chi connectivity index (χ1) is 10.8. The van der Waals surface area contributed by atoms with Crippen LogP contribution < -0.4 is 10.0 Å². The lowest BCUT2D eigenvalue weighted by molar-refractivity contribution is -0.117. The molecule has 1 amide bonds. The molecule has 2 N–H and O–H groups in total. The van der Waals surface area contributed by atoms with Crippen LogP contribution in [0, 0.1) is 6.92 Å². The quantitative estimate of drug-likeness (QED) is 0.868. The summed E-state index contributed by atoms with van der Waals surface area (Å²) in [6.45, 7) is 3.26. The lowest BCUT2D eigenvalue weighted by Crippen LogP contribution is -2.41. The van der Waals surface area contributed by atoms with Crippen LogP contribution in [0.1, 0.15) is 12.5 Å². The monoisotopic (exact) mass is 352 g/mol. The SMILES string of the molecule is Cc1c(Cl)cccc1NC(=O)[C@@H](C)NS(=O)(=O)c1ccccc1. The number of carbonyl (C=O) groups is 1. The second kappa shape index (κ2) is 7.12. The van der Waals surface area contributed by atoms with Crippen LogP contribution in [-0.2, 0) is 14.8 Å². The highest BCUT2D eigenvalue weighted by molar-refractivity contribution is 7.89. The predicted molar refractivity (Wildman–Crippen MR) is 91.0 cm³/mol. The smallest absolute Gasteiger partial charge is 0.242 e. The summed E-state index contributed by atoms with van der Waals surface area (Å²) in [5, 5.41) is 3.20. The van der Waals surface area contributed by atoms with Gasteiger partial charge in [-0.2, -0.15) is 4.72 Å². The van der Waals surface area contributed by atoms with E-state index in [1.807, 2.05) is 0 Å². The van der Waals surface area contributed by atoms with Crippen molar-refractivity contribution >= 4 is 33.2 Å². The molecule has 2 rings (SSSR count). The molecule has 0 fully saturated rings. The van der Waals surface area contributed by atoms with Gasteiger partial charge in [-0.1, -0.05) is 35.9 Å². The standard InChI is InChI=1S/C16H17ClN2O3S/c1-11-14(17)9-6-10-15(11)18-16(20)12(2)19-23(21,22)13-7-4-3-5-8-13/h3-10,12,19H,1-2H3,(H,18,20)/t12-/m1/s1. The Morgan fingerprint density at radius 1 is 1.09 bits per heavy atom. The third-order valence-corrected chi connectivity index (χ3v) is 5.27. The number of anilines is 1. The second-order valence-electron chi connectivity index (χ2n) is 5.06. The maximum atomic E-state index is 12.2.